The predicted molar refractivity (Wildman–Crippen MR) is 57.1 cm³/mol. The van der Waals surface area contributed by atoms with E-state index in [0.29, 0.717) is 10.8 Å². The van der Waals surface area contributed by atoms with Gasteiger partial charge in [0.05, 0.1) is 0 Å². The van der Waals surface area contributed by atoms with Gasteiger partial charge >= 0.3 is 5.69 Å². The zero-order valence-electron chi connectivity index (χ0n) is 8.27. The van der Waals surface area contributed by atoms with Crippen LogP contribution in [0.15, 0.2) is 4.79 Å². The third-order valence-corrected chi connectivity index (χ3v) is 5.01. The molecule has 0 saturated heterocycles. The van der Waals surface area contributed by atoms with Crippen LogP contribution in [0, 0.1) is 28.4 Å². The maximum absolute atomic E-state index is 11.6. The Hall–Kier alpha value is -0.840. The highest BCUT2D eigenvalue weighted by atomic mass is 32.1. The number of aromatic nitrogens is 3. The quantitative estimate of drug-likeness (QED) is 0.708. The first-order valence-corrected chi connectivity index (χ1v) is 6.07. The van der Waals surface area contributed by atoms with Crippen molar-refractivity contribution in [2.24, 2.45) is 23.7 Å². The molecule has 0 aromatic carbocycles. The van der Waals surface area contributed by atoms with Crippen LogP contribution in [0.2, 0.25) is 0 Å². The molecular weight excluding hydrogens is 210 g/mol. The number of rotatable bonds is 1. The van der Waals surface area contributed by atoms with Gasteiger partial charge in [-0.05, 0) is 55.2 Å². The summed E-state index contributed by atoms with van der Waals surface area (Å²) in [5.74, 6) is 3.27. The first-order valence-electron chi connectivity index (χ1n) is 5.66. The van der Waals surface area contributed by atoms with E-state index in [1.807, 2.05) is 0 Å². The van der Waals surface area contributed by atoms with Crippen LogP contribution in [0.5, 0.6) is 0 Å². The van der Waals surface area contributed by atoms with Crippen LogP contribution < -0.4 is 5.69 Å². The summed E-state index contributed by atoms with van der Waals surface area (Å²) in [4.78, 5) is 11.6. The van der Waals surface area contributed by atoms with E-state index in [9.17, 15) is 4.79 Å². The van der Waals surface area contributed by atoms with E-state index in [4.69, 9.17) is 12.2 Å². The van der Waals surface area contributed by atoms with Crippen LogP contribution in [0.4, 0.5) is 0 Å². The topological polar surface area (TPSA) is 53.6 Å². The molecule has 0 spiro atoms. The van der Waals surface area contributed by atoms with Gasteiger partial charge < -0.3 is 0 Å². The van der Waals surface area contributed by atoms with Gasteiger partial charge in [0, 0.05) is 6.04 Å². The normalized spacial score (nSPS) is 45.7. The average molecular weight is 223 g/mol. The molecule has 2 N–H and O–H groups in total. The van der Waals surface area contributed by atoms with Crippen molar-refractivity contribution in [2.75, 3.05) is 0 Å². The van der Waals surface area contributed by atoms with Crippen LogP contribution in [-0.2, 0) is 0 Å². The zero-order valence-corrected chi connectivity index (χ0v) is 9.09. The number of fused-ring (bicyclic) bond motifs is 5. The van der Waals surface area contributed by atoms with Gasteiger partial charge in [-0.25, -0.2) is 9.89 Å². The number of aromatic amines is 2. The Bertz CT molecular complexity index is 484. The summed E-state index contributed by atoms with van der Waals surface area (Å²) in [6.45, 7) is 0. The SMILES string of the molecule is O=c1[nH][nH]c(=S)n1C1C2C3CCC(C3)C21. The smallest absolute Gasteiger partial charge is 0.272 e. The number of nitrogens with one attached hydrogen (secondary N) is 2. The largest absolute Gasteiger partial charge is 0.342 e. The molecular formula is C10H13N3OS. The summed E-state index contributed by atoms with van der Waals surface area (Å²) in [6, 6.07) is 0.416. The van der Waals surface area contributed by atoms with Crippen molar-refractivity contribution in [3.63, 3.8) is 0 Å². The average Bonchev–Trinajstić information content (AvgIpc) is 2.61. The predicted octanol–water partition coefficient (Wildman–Crippen LogP) is 1.45. The molecule has 1 aromatic heterocycles. The fraction of sp³-hybridized carbons (Fsp3) is 0.800. The minimum absolute atomic E-state index is 0.0567. The van der Waals surface area contributed by atoms with Crippen molar-refractivity contribution in [3.8, 4) is 0 Å². The first-order chi connectivity index (χ1) is 7.27. The third-order valence-electron chi connectivity index (χ3n) is 4.71. The van der Waals surface area contributed by atoms with Crippen molar-refractivity contribution >= 4 is 12.2 Å². The molecule has 0 radical (unpaired) electrons. The van der Waals surface area contributed by atoms with Crippen molar-refractivity contribution in [3.05, 3.63) is 15.3 Å². The lowest BCUT2D eigenvalue weighted by Gasteiger charge is -2.07. The van der Waals surface area contributed by atoms with E-state index in [1.165, 1.54) is 19.3 Å². The number of hydrogen-bond acceptors (Lipinski definition) is 2. The molecule has 2 bridgehead atoms. The highest BCUT2D eigenvalue weighted by Crippen LogP contribution is 2.71. The second-order valence-electron chi connectivity index (χ2n) is 5.21. The van der Waals surface area contributed by atoms with Crippen molar-refractivity contribution in [1.29, 1.82) is 0 Å². The fourth-order valence-electron chi connectivity index (χ4n) is 4.21. The molecule has 80 valence electrons. The maximum Gasteiger partial charge on any atom is 0.342 e. The van der Waals surface area contributed by atoms with Crippen molar-refractivity contribution in [2.45, 2.75) is 25.3 Å². The van der Waals surface area contributed by atoms with Gasteiger partial charge in [0.2, 0.25) is 0 Å². The number of H-pyrrole nitrogens is 2. The molecule has 4 unspecified atom stereocenters. The molecule has 15 heavy (non-hydrogen) atoms. The van der Waals surface area contributed by atoms with Gasteiger partial charge in [0.25, 0.3) is 0 Å². The molecule has 1 heterocycles. The summed E-state index contributed by atoms with van der Waals surface area (Å²) in [5, 5.41) is 5.31. The van der Waals surface area contributed by atoms with Crippen LogP contribution >= 0.6 is 12.2 Å². The Labute approximate surface area is 91.7 Å². The standard InChI is InChI=1S/C10H13N3OS/c14-9-11-12-10(15)13(9)8-6-4-1-2-5(3-4)7(6)8/h4-8H,1-3H2,(H,11,14)(H,12,15). The molecule has 3 aliphatic rings. The zero-order chi connectivity index (χ0) is 10.2. The molecule has 4 atom stereocenters. The van der Waals surface area contributed by atoms with Gasteiger partial charge in [0.15, 0.2) is 4.77 Å². The van der Waals surface area contributed by atoms with Gasteiger partial charge in [0.1, 0.15) is 0 Å². The molecule has 1 aromatic rings. The Morgan fingerprint density at radius 3 is 2.40 bits per heavy atom. The summed E-state index contributed by atoms with van der Waals surface area (Å²) >= 11 is 5.14. The Morgan fingerprint density at radius 1 is 1.20 bits per heavy atom. The summed E-state index contributed by atoms with van der Waals surface area (Å²) < 4.78 is 2.34. The van der Waals surface area contributed by atoms with Crippen LogP contribution in [0.1, 0.15) is 25.3 Å². The molecule has 3 fully saturated rings. The van der Waals surface area contributed by atoms with Crippen LogP contribution in [0.25, 0.3) is 0 Å². The van der Waals surface area contributed by atoms with Crippen molar-refractivity contribution < 1.29 is 0 Å². The Morgan fingerprint density at radius 2 is 1.87 bits per heavy atom. The van der Waals surface area contributed by atoms with Gasteiger partial charge in [-0.1, -0.05) is 0 Å². The molecule has 4 rings (SSSR count). The second-order valence-corrected chi connectivity index (χ2v) is 5.60. The van der Waals surface area contributed by atoms with E-state index in [0.717, 1.165) is 23.7 Å². The molecule has 3 saturated carbocycles. The lowest BCUT2D eigenvalue weighted by Crippen LogP contribution is -2.19. The Balaban J connectivity index is 1.79. The van der Waals surface area contributed by atoms with Crippen LogP contribution in [-0.4, -0.2) is 14.8 Å². The molecule has 4 nitrogen and oxygen atoms in total. The van der Waals surface area contributed by atoms with E-state index in [1.54, 1.807) is 4.57 Å². The maximum atomic E-state index is 11.6. The molecule has 5 heteroatoms. The van der Waals surface area contributed by atoms with Crippen molar-refractivity contribution in [1.82, 2.24) is 14.8 Å². The highest BCUT2D eigenvalue weighted by molar-refractivity contribution is 7.71. The van der Waals surface area contributed by atoms with E-state index in [-0.39, 0.29) is 5.69 Å². The third kappa shape index (κ3) is 0.880. The van der Waals surface area contributed by atoms with Gasteiger partial charge in [-0.2, -0.15) is 0 Å². The van der Waals surface area contributed by atoms with Gasteiger partial charge in [-0.15, -0.1) is 0 Å². The molecule has 0 amide bonds. The fourth-order valence-corrected chi connectivity index (χ4v) is 4.47. The molecule has 0 aliphatic heterocycles. The lowest BCUT2D eigenvalue weighted by molar-refractivity contribution is 0.445. The highest BCUT2D eigenvalue weighted by Gasteiger charge is 2.66. The minimum Gasteiger partial charge on any atom is -0.272 e. The summed E-state index contributed by atoms with van der Waals surface area (Å²) in [5.41, 5.74) is -0.0567. The molecule has 3 aliphatic carbocycles. The minimum atomic E-state index is -0.0567. The summed E-state index contributed by atoms with van der Waals surface area (Å²) in [6.07, 6.45) is 4.15. The second kappa shape index (κ2) is 2.45. The number of hydrogen-bond donors (Lipinski definition) is 2. The lowest BCUT2D eigenvalue weighted by atomic mass is 10.0. The van der Waals surface area contributed by atoms with E-state index in [2.05, 4.69) is 10.2 Å². The van der Waals surface area contributed by atoms with E-state index < -0.39 is 0 Å². The Kier molecular flexibility index (Phi) is 1.36. The number of nitrogens with zero attached hydrogens (tertiary/aromatic N) is 1. The monoisotopic (exact) mass is 223 g/mol. The van der Waals surface area contributed by atoms with Crippen LogP contribution in [0.3, 0.4) is 0 Å². The summed E-state index contributed by atoms with van der Waals surface area (Å²) in [7, 11) is 0. The van der Waals surface area contributed by atoms with Gasteiger partial charge in [-0.3, -0.25) is 9.67 Å². The first kappa shape index (κ1) is 8.33. The van der Waals surface area contributed by atoms with E-state index >= 15 is 0 Å².